The number of hydrogen-bond acceptors (Lipinski definition) is 3. The molecule has 72 valence electrons. The first-order valence-corrected chi connectivity index (χ1v) is 4.93. The largest absolute Gasteiger partial charge is 0.352 e. The Kier molecular flexibility index (Phi) is 3.98. The molecule has 4 N–H and O–H groups in total. The molecule has 7 heteroatoms. The smallest absolute Gasteiger partial charge is 0.312 e. The number of nitrogens with one attached hydrogen (secondary N) is 1. The Hall–Kier alpha value is -0.820. The van der Waals surface area contributed by atoms with Gasteiger partial charge in [0.2, 0.25) is 0 Å². The lowest BCUT2D eigenvalue weighted by Crippen LogP contribution is -2.37. The molecule has 0 aromatic rings. The third-order valence-corrected chi connectivity index (χ3v) is 1.95. The van der Waals surface area contributed by atoms with Crippen LogP contribution in [0.3, 0.4) is 0 Å². The quantitative estimate of drug-likeness (QED) is 0.517. The van der Waals surface area contributed by atoms with E-state index < -0.39 is 16.1 Å². The minimum Gasteiger partial charge on any atom is -0.352 e. The van der Waals surface area contributed by atoms with Crippen LogP contribution in [0.15, 0.2) is 0 Å². The number of amides is 2. The summed E-state index contributed by atoms with van der Waals surface area (Å²) in [5.41, 5.74) is 4.77. The average Bonchev–Trinajstić information content (AvgIpc) is 1.80. The summed E-state index contributed by atoms with van der Waals surface area (Å²) in [4.78, 5) is 10.2. The summed E-state index contributed by atoms with van der Waals surface area (Å²) >= 11 is 0. The second-order valence-electron chi connectivity index (χ2n) is 2.48. The maximum absolute atomic E-state index is 10.2. The third-order valence-electron chi connectivity index (χ3n) is 1.20. The summed E-state index contributed by atoms with van der Waals surface area (Å²) in [5, 5.41) is 2.28. The molecule has 0 radical (unpaired) electrons. The molecule has 0 aliphatic carbocycles. The first kappa shape index (κ1) is 11.2. The van der Waals surface area contributed by atoms with Crippen molar-refractivity contribution in [3.8, 4) is 0 Å². The standard InChI is InChI=1S/C5H12N2O4S/c1-4(7-5(6)8)2-3-12(9,10)11/h4H,2-3H2,1H3,(H3,6,7,8)(H,9,10,11). The third kappa shape index (κ3) is 7.29. The molecule has 0 bridgehead atoms. The van der Waals surface area contributed by atoms with E-state index in [4.69, 9.17) is 10.3 Å². The monoisotopic (exact) mass is 196 g/mol. The molecule has 0 aromatic carbocycles. The highest BCUT2D eigenvalue weighted by molar-refractivity contribution is 7.85. The van der Waals surface area contributed by atoms with Gasteiger partial charge in [-0.2, -0.15) is 8.42 Å². The Morgan fingerprint density at radius 1 is 1.67 bits per heavy atom. The van der Waals surface area contributed by atoms with E-state index in [2.05, 4.69) is 5.32 Å². The van der Waals surface area contributed by atoms with Crippen LogP contribution in [0.1, 0.15) is 13.3 Å². The van der Waals surface area contributed by atoms with Gasteiger partial charge in [-0.15, -0.1) is 0 Å². The lowest BCUT2D eigenvalue weighted by Gasteiger charge is -2.09. The van der Waals surface area contributed by atoms with Crippen LogP contribution < -0.4 is 11.1 Å². The van der Waals surface area contributed by atoms with Gasteiger partial charge in [-0.1, -0.05) is 0 Å². The fraction of sp³-hybridized carbons (Fsp3) is 0.800. The molecule has 0 saturated carbocycles. The van der Waals surface area contributed by atoms with Crippen molar-refractivity contribution in [1.29, 1.82) is 0 Å². The number of primary amides is 1. The van der Waals surface area contributed by atoms with Gasteiger partial charge in [0.1, 0.15) is 0 Å². The van der Waals surface area contributed by atoms with Crippen molar-refractivity contribution in [1.82, 2.24) is 5.32 Å². The summed E-state index contributed by atoms with van der Waals surface area (Å²) in [6.45, 7) is 1.59. The Bertz CT molecular complexity index is 248. The van der Waals surface area contributed by atoms with E-state index in [1.54, 1.807) is 6.92 Å². The minimum absolute atomic E-state index is 0.141. The molecule has 0 aliphatic heterocycles. The molecule has 0 fully saturated rings. The summed E-state index contributed by atoms with van der Waals surface area (Å²) in [6.07, 6.45) is 0.141. The molecule has 0 spiro atoms. The predicted molar refractivity (Wildman–Crippen MR) is 43.2 cm³/mol. The number of hydrogen-bond donors (Lipinski definition) is 3. The van der Waals surface area contributed by atoms with Crippen molar-refractivity contribution in [2.75, 3.05) is 5.75 Å². The first-order chi connectivity index (χ1) is 5.31. The van der Waals surface area contributed by atoms with Gasteiger partial charge in [0.25, 0.3) is 10.1 Å². The number of rotatable bonds is 4. The van der Waals surface area contributed by atoms with Crippen molar-refractivity contribution in [2.45, 2.75) is 19.4 Å². The molecule has 2 amide bonds. The van der Waals surface area contributed by atoms with Crippen LogP contribution in [-0.4, -0.2) is 30.8 Å². The lowest BCUT2D eigenvalue weighted by atomic mass is 10.3. The van der Waals surface area contributed by atoms with Gasteiger partial charge in [-0.05, 0) is 13.3 Å². The fourth-order valence-corrected chi connectivity index (χ4v) is 1.29. The first-order valence-electron chi connectivity index (χ1n) is 3.32. The number of urea groups is 1. The Labute approximate surface area is 70.9 Å². The van der Waals surface area contributed by atoms with Crippen molar-refractivity contribution in [3.63, 3.8) is 0 Å². The molecule has 6 nitrogen and oxygen atoms in total. The Morgan fingerprint density at radius 2 is 2.17 bits per heavy atom. The zero-order valence-electron chi connectivity index (χ0n) is 6.65. The summed E-state index contributed by atoms with van der Waals surface area (Å²) < 4.78 is 28.8. The van der Waals surface area contributed by atoms with Crippen LogP contribution in [-0.2, 0) is 10.1 Å². The fourth-order valence-electron chi connectivity index (χ4n) is 0.641. The normalized spacial score (nSPS) is 13.8. The zero-order chi connectivity index (χ0) is 9.78. The molecule has 0 saturated heterocycles. The van der Waals surface area contributed by atoms with E-state index in [-0.39, 0.29) is 18.2 Å². The van der Waals surface area contributed by atoms with E-state index in [0.29, 0.717) is 0 Å². The van der Waals surface area contributed by atoms with Gasteiger partial charge in [0.05, 0.1) is 5.75 Å². The van der Waals surface area contributed by atoms with Crippen molar-refractivity contribution >= 4 is 16.1 Å². The van der Waals surface area contributed by atoms with Gasteiger partial charge in [0, 0.05) is 6.04 Å². The van der Waals surface area contributed by atoms with Gasteiger partial charge in [-0.25, -0.2) is 4.79 Å². The Morgan fingerprint density at radius 3 is 2.50 bits per heavy atom. The van der Waals surface area contributed by atoms with Crippen LogP contribution in [0, 0.1) is 0 Å². The van der Waals surface area contributed by atoms with Gasteiger partial charge in [0.15, 0.2) is 0 Å². The zero-order valence-corrected chi connectivity index (χ0v) is 7.47. The summed E-state index contributed by atoms with van der Waals surface area (Å²) in [7, 11) is -3.95. The molecule has 0 heterocycles. The molecular weight excluding hydrogens is 184 g/mol. The van der Waals surface area contributed by atoms with Crippen LogP contribution in [0.5, 0.6) is 0 Å². The van der Waals surface area contributed by atoms with Crippen molar-refractivity contribution in [2.24, 2.45) is 5.73 Å². The molecule has 0 aromatic heterocycles. The molecule has 12 heavy (non-hydrogen) atoms. The number of nitrogens with two attached hydrogens (primary N) is 1. The maximum Gasteiger partial charge on any atom is 0.312 e. The second kappa shape index (κ2) is 4.27. The van der Waals surface area contributed by atoms with E-state index in [1.165, 1.54) is 0 Å². The summed E-state index contributed by atoms with van der Waals surface area (Å²) in [6, 6.07) is -1.07. The highest BCUT2D eigenvalue weighted by Crippen LogP contribution is 1.94. The molecule has 1 atom stereocenters. The summed E-state index contributed by atoms with van der Waals surface area (Å²) in [5.74, 6) is -0.381. The topological polar surface area (TPSA) is 109 Å². The molecular formula is C5H12N2O4S. The van der Waals surface area contributed by atoms with E-state index >= 15 is 0 Å². The van der Waals surface area contributed by atoms with Gasteiger partial charge in [-0.3, -0.25) is 4.55 Å². The van der Waals surface area contributed by atoms with Crippen molar-refractivity contribution < 1.29 is 17.8 Å². The number of carbonyl (C=O) groups is 1. The maximum atomic E-state index is 10.2. The van der Waals surface area contributed by atoms with Crippen LogP contribution >= 0.6 is 0 Å². The number of carbonyl (C=O) groups excluding carboxylic acids is 1. The SMILES string of the molecule is CC(CCS(=O)(=O)O)NC(N)=O. The van der Waals surface area contributed by atoms with Gasteiger partial charge < -0.3 is 11.1 Å². The molecule has 0 rings (SSSR count). The highest BCUT2D eigenvalue weighted by Gasteiger charge is 2.09. The van der Waals surface area contributed by atoms with Crippen LogP contribution in [0.25, 0.3) is 0 Å². The highest BCUT2D eigenvalue weighted by atomic mass is 32.2. The second-order valence-corrected chi connectivity index (χ2v) is 4.06. The van der Waals surface area contributed by atoms with Gasteiger partial charge >= 0.3 is 6.03 Å². The lowest BCUT2D eigenvalue weighted by molar-refractivity contribution is 0.245. The van der Waals surface area contributed by atoms with Crippen LogP contribution in [0.2, 0.25) is 0 Å². The van der Waals surface area contributed by atoms with E-state index in [0.717, 1.165) is 0 Å². The predicted octanol–water partition coefficient (Wildman–Crippen LogP) is -0.679. The Balaban J connectivity index is 3.72. The van der Waals surface area contributed by atoms with Crippen molar-refractivity contribution in [3.05, 3.63) is 0 Å². The minimum atomic E-state index is -3.95. The average molecular weight is 196 g/mol. The molecule has 1 unspecified atom stereocenters. The van der Waals surface area contributed by atoms with Crippen LogP contribution in [0.4, 0.5) is 4.79 Å². The van der Waals surface area contributed by atoms with E-state index in [9.17, 15) is 13.2 Å². The molecule has 0 aliphatic rings. The van der Waals surface area contributed by atoms with E-state index in [1.807, 2.05) is 0 Å².